The van der Waals surface area contributed by atoms with Crippen molar-refractivity contribution >= 4 is 38.8 Å². The van der Waals surface area contributed by atoms with Crippen molar-refractivity contribution in [3.63, 3.8) is 0 Å². The number of benzene rings is 1. The average molecular weight is 309 g/mol. The van der Waals surface area contributed by atoms with E-state index in [9.17, 15) is 13.2 Å². The standard InChI is InChI=1S/C12H14Cl2O3S/c1-18(16,17)6-2-3-10(15)7-9-4-5-11(13)12(14)8-9/h4-5,8H,2-3,6-7H2,1H3. The molecule has 18 heavy (non-hydrogen) atoms. The van der Waals surface area contributed by atoms with Crippen molar-refractivity contribution in [1.29, 1.82) is 0 Å². The van der Waals surface area contributed by atoms with E-state index in [-0.39, 0.29) is 24.4 Å². The number of carbonyl (C=O) groups excluding carboxylic acids is 1. The van der Waals surface area contributed by atoms with Crippen molar-refractivity contribution in [3.05, 3.63) is 33.8 Å². The van der Waals surface area contributed by atoms with Crippen LogP contribution in [0.4, 0.5) is 0 Å². The Kier molecular flexibility index (Phi) is 5.63. The number of sulfone groups is 1. The van der Waals surface area contributed by atoms with Gasteiger partial charge in [0.15, 0.2) is 0 Å². The fourth-order valence-electron chi connectivity index (χ4n) is 1.50. The minimum Gasteiger partial charge on any atom is -0.299 e. The largest absolute Gasteiger partial charge is 0.299 e. The van der Waals surface area contributed by atoms with Gasteiger partial charge in [-0.1, -0.05) is 29.3 Å². The van der Waals surface area contributed by atoms with Crippen LogP contribution in [-0.2, 0) is 21.1 Å². The first kappa shape index (κ1) is 15.5. The number of carbonyl (C=O) groups is 1. The van der Waals surface area contributed by atoms with E-state index < -0.39 is 9.84 Å². The zero-order chi connectivity index (χ0) is 13.8. The SMILES string of the molecule is CS(=O)(=O)CCCC(=O)Cc1ccc(Cl)c(Cl)c1. The highest BCUT2D eigenvalue weighted by Gasteiger charge is 2.08. The Morgan fingerprint density at radius 2 is 1.89 bits per heavy atom. The molecule has 6 heteroatoms. The average Bonchev–Trinajstić information content (AvgIpc) is 2.21. The van der Waals surface area contributed by atoms with Gasteiger partial charge in [-0.05, 0) is 24.1 Å². The molecular weight excluding hydrogens is 295 g/mol. The van der Waals surface area contributed by atoms with Gasteiger partial charge < -0.3 is 0 Å². The molecule has 0 bridgehead atoms. The number of ketones is 1. The monoisotopic (exact) mass is 308 g/mol. The van der Waals surface area contributed by atoms with Crippen LogP contribution in [0.5, 0.6) is 0 Å². The highest BCUT2D eigenvalue weighted by atomic mass is 35.5. The smallest absolute Gasteiger partial charge is 0.147 e. The van der Waals surface area contributed by atoms with E-state index in [4.69, 9.17) is 23.2 Å². The van der Waals surface area contributed by atoms with E-state index in [0.717, 1.165) is 11.8 Å². The third kappa shape index (κ3) is 5.85. The lowest BCUT2D eigenvalue weighted by Crippen LogP contribution is -2.08. The van der Waals surface area contributed by atoms with Gasteiger partial charge in [-0.2, -0.15) is 0 Å². The maximum atomic E-state index is 11.6. The summed E-state index contributed by atoms with van der Waals surface area (Å²) in [6, 6.07) is 5.03. The fourth-order valence-corrected chi connectivity index (χ4v) is 2.49. The van der Waals surface area contributed by atoms with E-state index in [1.165, 1.54) is 0 Å². The lowest BCUT2D eigenvalue weighted by molar-refractivity contribution is -0.118. The summed E-state index contributed by atoms with van der Waals surface area (Å²) < 4.78 is 21.8. The minimum atomic E-state index is -3.00. The predicted octanol–water partition coefficient (Wildman–Crippen LogP) is 2.93. The second-order valence-electron chi connectivity index (χ2n) is 4.20. The summed E-state index contributed by atoms with van der Waals surface area (Å²) in [6.45, 7) is 0. The lowest BCUT2D eigenvalue weighted by Gasteiger charge is -2.03. The number of hydrogen-bond acceptors (Lipinski definition) is 3. The summed E-state index contributed by atoms with van der Waals surface area (Å²) in [5.74, 6) is 0.0390. The number of halogens is 2. The van der Waals surface area contributed by atoms with Gasteiger partial charge in [0.05, 0.1) is 15.8 Å². The molecule has 0 N–H and O–H groups in total. The molecule has 100 valence electrons. The molecule has 0 atom stereocenters. The van der Waals surface area contributed by atoms with Crippen LogP contribution in [0.1, 0.15) is 18.4 Å². The Morgan fingerprint density at radius 1 is 1.22 bits per heavy atom. The minimum absolute atomic E-state index is 0.00274. The molecule has 0 heterocycles. The first-order valence-corrected chi connectivity index (χ1v) is 8.23. The molecule has 0 saturated carbocycles. The number of Topliss-reactive ketones (excluding diaryl/α,β-unsaturated/α-hetero) is 1. The van der Waals surface area contributed by atoms with Crippen molar-refractivity contribution in [2.24, 2.45) is 0 Å². The fraction of sp³-hybridized carbons (Fsp3) is 0.417. The maximum absolute atomic E-state index is 11.6. The molecule has 0 amide bonds. The van der Waals surface area contributed by atoms with Gasteiger partial charge in [-0.25, -0.2) is 8.42 Å². The molecule has 1 aromatic carbocycles. The summed E-state index contributed by atoms with van der Waals surface area (Å²) in [4.78, 5) is 11.6. The van der Waals surface area contributed by atoms with E-state index in [0.29, 0.717) is 16.5 Å². The normalized spacial score (nSPS) is 11.5. The molecule has 0 aliphatic heterocycles. The molecule has 0 unspecified atom stereocenters. The molecule has 0 spiro atoms. The van der Waals surface area contributed by atoms with Gasteiger partial charge in [0.1, 0.15) is 15.6 Å². The van der Waals surface area contributed by atoms with Crippen LogP contribution in [0.25, 0.3) is 0 Å². The van der Waals surface area contributed by atoms with Crippen LogP contribution in [0.3, 0.4) is 0 Å². The molecule has 0 aliphatic carbocycles. The molecule has 1 aromatic rings. The van der Waals surface area contributed by atoms with Gasteiger partial charge >= 0.3 is 0 Å². The zero-order valence-corrected chi connectivity index (χ0v) is 12.3. The van der Waals surface area contributed by atoms with Crippen molar-refractivity contribution in [3.8, 4) is 0 Å². The van der Waals surface area contributed by atoms with E-state index >= 15 is 0 Å². The third-order valence-electron chi connectivity index (χ3n) is 2.36. The Hall–Kier alpha value is -0.580. The van der Waals surface area contributed by atoms with Gasteiger partial charge in [0.25, 0.3) is 0 Å². The third-order valence-corrected chi connectivity index (χ3v) is 4.13. The predicted molar refractivity (Wildman–Crippen MR) is 74.1 cm³/mol. The van der Waals surface area contributed by atoms with Gasteiger partial charge in [-0.15, -0.1) is 0 Å². The highest BCUT2D eigenvalue weighted by molar-refractivity contribution is 7.90. The van der Waals surface area contributed by atoms with Crippen LogP contribution in [0, 0.1) is 0 Å². The number of rotatable bonds is 6. The van der Waals surface area contributed by atoms with Crippen LogP contribution in [-0.4, -0.2) is 26.2 Å². The molecule has 3 nitrogen and oxygen atoms in total. The second kappa shape index (κ2) is 6.55. The zero-order valence-electron chi connectivity index (χ0n) is 9.95. The number of hydrogen-bond donors (Lipinski definition) is 0. The quantitative estimate of drug-likeness (QED) is 0.812. The summed E-state index contributed by atoms with van der Waals surface area (Å²) in [7, 11) is -3.00. The van der Waals surface area contributed by atoms with Crippen LogP contribution >= 0.6 is 23.2 Å². The molecule has 0 radical (unpaired) electrons. The topological polar surface area (TPSA) is 51.2 Å². The van der Waals surface area contributed by atoms with Crippen molar-refractivity contribution in [2.75, 3.05) is 12.0 Å². The van der Waals surface area contributed by atoms with E-state index in [2.05, 4.69) is 0 Å². The highest BCUT2D eigenvalue weighted by Crippen LogP contribution is 2.23. The Bertz CT molecular complexity index is 538. The Labute approximate surface area is 117 Å². The van der Waals surface area contributed by atoms with E-state index in [1.54, 1.807) is 18.2 Å². The molecule has 0 aliphatic rings. The van der Waals surface area contributed by atoms with Crippen LogP contribution in [0.15, 0.2) is 18.2 Å². The van der Waals surface area contributed by atoms with Crippen molar-refractivity contribution < 1.29 is 13.2 Å². The molecule has 0 fully saturated rings. The summed E-state index contributed by atoms with van der Waals surface area (Å²) >= 11 is 11.6. The summed E-state index contributed by atoms with van der Waals surface area (Å²) in [5.41, 5.74) is 0.786. The Balaban J connectivity index is 2.47. The van der Waals surface area contributed by atoms with Gasteiger partial charge in [0.2, 0.25) is 0 Å². The molecule has 0 saturated heterocycles. The maximum Gasteiger partial charge on any atom is 0.147 e. The summed E-state index contributed by atoms with van der Waals surface area (Å²) in [5, 5.41) is 0.864. The van der Waals surface area contributed by atoms with Gasteiger partial charge in [-0.3, -0.25) is 4.79 Å². The first-order chi connectivity index (χ1) is 8.28. The van der Waals surface area contributed by atoms with E-state index in [1.807, 2.05) is 0 Å². The lowest BCUT2D eigenvalue weighted by atomic mass is 10.1. The first-order valence-electron chi connectivity index (χ1n) is 5.41. The Morgan fingerprint density at radius 3 is 2.44 bits per heavy atom. The van der Waals surface area contributed by atoms with Gasteiger partial charge in [0, 0.05) is 19.1 Å². The molecular formula is C12H14Cl2O3S. The summed E-state index contributed by atoms with van der Waals surface area (Å²) in [6.07, 6.45) is 2.03. The molecule has 1 rings (SSSR count). The van der Waals surface area contributed by atoms with Crippen LogP contribution < -0.4 is 0 Å². The van der Waals surface area contributed by atoms with Crippen molar-refractivity contribution in [2.45, 2.75) is 19.3 Å². The van der Waals surface area contributed by atoms with Crippen molar-refractivity contribution in [1.82, 2.24) is 0 Å². The second-order valence-corrected chi connectivity index (χ2v) is 7.27. The van der Waals surface area contributed by atoms with Crippen LogP contribution in [0.2, 0.25) is 10.0 Å². The molecule has 0 aromatic heterocycles.